The highest BCUT2D eigenvalue weighted by Crippen LogP contribution is 2.26. The molecule has 1 aliphatic heterocycles. The molecule has 0 aliphatic carbocycles. The molecule has 0 saturated carbocycles. The van der Waals surface area contributed by atoms with Crippen molar-refractivity contribution in [1.29, 1.82) is 0 Å². The second-order valence-corrected chi connectivity index (χ2v) is 6.35. The third-order valence-corrected chi connectivity index (χ3v) is 4.44. The van der Waals surface area contributed by atoms with Crippen molar-refractivity contribution in [2.45, 2.75) is 40.2 Å². The third-order valence-electron chi connectivity index (χ3n) is 4.44. The number of hydrogen-bond acceptors (Lipinski definition) is 3. The lowest BCUT2D eigenvalue weighted by atomic mass is 10.1. The zero-order valence-corrected chi connectivity index (χ0v) is 14.1. The first-order chi connectivity index (χ1) is 10.1. The lowest BCUT2D eigenvalue weighted by molar-refractivity contribution is 0.480. The Kier molecular flexibility index (Phi) is 5.92. The van der Waals surface area contributed by atoms with Gasteiger partial charge in [0, 0.05) is 43.6 Å². The minimum absolute atomic E-state index is 0.590. The Bertz CT molecular complexity index is 409. The molecule has 1 aliphatic rings. The molecule has 2 rings (SSSR count). The molecule has 0 bridgehead atoms. The molecule has 1 aromatic rings. The van der Waals surface area contributed by atoms with Gasteiger partial charge in [-0.15, -0.1) is 0 Å². The average molecular weight is 289 g/mol. The van der Waals surface area contributed by atoms with Gasteiger partial charge in [0.2, 0.25) is 0 Å². The lowest BCUT2D eigenvalue weighted by Gasteiger charge is -2.23. The van der Waals surface area contributed by atoms with Crippen LogP contribution in [0.4, 0.5) is 11.4 Å². The van der Waals surface area contributed by atoms with Gasteiger partial charge in [-0.1, -0.05) is 13.8 Å². The molecule has 1 fully saturated rings. The summed E-state index contributed by atoms with van der Waals surface area (Å²) in [5.74, 6) is 0.787. The molecule has 0 radical (unpaired) electrons. The van der Waals surface area contributed by atoms with E-state index in [1.165, 1.54) is 30.9 Å². The van der Waals surface area contributed by atoms with Gasteiger partial charge < -0.3 is 15.1 Å². The number of nitrogens with zero attached hydrogens (tertiary/aromatic N) is 2. The second kappa shape index (κ2) is 7.69. The molecular formula is C18H31N3. The van der Waals surface area contributed by atoms with Crippen LogP contribution in [0.3, 0.4) is 0 Å². The molecule has 0 aromatic heterocycles. The van der Waals surface area contributed by atoms with Crippen molar-refractivity contribution >= 4 is 11.4 Å². The van der Waals surface area contributed by atoms with Crippen LogP contribution in [-0.4, -0.2) is 38.8 Å². The monoisotopic (exact) mass is 289 g/mol. The summed E-state index contributed by atoms with van der Waals surface area (Å²) >= 11 is 0. The molecule has 3 heteroatoms. The molecular weight excluding hydrogens is 258 g/mol. The minimum Gasteiger partial charge on any atom is -0.372 e. The van der Waals surface area contributed by atoms with Gasteiger partial charge in [-0.25, -0.2) is 0 Å². The summed E-state index contributed by atoms with van der Waals surface area (Å²) in [6.45, 7) is 14.5. The van der Waals surface area contributed by atoms with Crippen molar-refractivity contribution in [3.05, 3.63) is 24.3 Å². The van der Waals surface area contributed by atoms with Crippen LogP contribution in [0.5, 0.6) is 0 Å². The van der Waals surface area contributed by atoms with Crippen molar-refractivity contribution < 1.29 is 0 Å². The predicted octanol–water partition coefficient (Wildman–Crippen LogP) is 3.36. The van der Waals surface area contributed by atoms with E-state index in [2.05, 4.69) is 67.1 Å². The van der Waals surface area contributed by atoms with Crippen molar-refractivity contribution in [3.63, 3.8) is 0 Å². The zero-order valence-electron chi connectivity index (χ0n) is 14.1. The van der Waals surface area contributed by atoms with Crippen LogP contribution in [0.2, 0.25) is 0 Å². The fraction of sp³-hybridized carbons (Fsp3) is 0.667. The summed E-state index contributed by atoms with van der Waals surface area (Å²) < 4.78 is 0. The fourth-order valence-electron chi connectivity index (χ4n) is 3.10. The Morgan fingerprint density at radius 2 is 1.86 bits per heavy atom. The molecule has 1 atom stereocenters. The lowest BCUT2D eigenvalue weighted by Crippen LogP contribution is -2.30. The Morgan fingerprint density at radius 1 is 1.19 bits per heavy atom. The quantitative estimate of drug-likeness (QED) is 0.830. The van der Waals surface area contributed by atoms with Crippen molar-refractivity contribution in [1.82, 2.24) is 5.32 Å². The van der Waals surface area contributed by atoms with Crippen molar-refractivity contribution in [3.8, 4) is 0 Å². The van der Waals surface area contributed by atoms with Gasteiger partial charge in [0.05, 0.1) is 0 Å². The van der Waals surface area contributed by atoms with E-state index in [0.29, 0.717) is 6.04 Å². The first kappa shape index (κ1) is 16.2. The molecule has 1 heterocycles. The van der Waals surface area contributed by atoms with E-state index in [1.54, 1.807) is 0 Å². The summed E-state index contributed by atoms with van der Waals surface area (Å²) in [6, 6.07) is 9.69. The smallest absolute Gasteiger partial charge is 0.0367 e. The molecule has 1 saturated heterocycles. The molecule has 0 spiro atoms. The standard InChI is InChI=1S/C18H31N3/c1-5-20(6-2)17-7-9-18(10-8-17)21-12-11-16(14-21)13-19-15(3)4/h7-10,15-16,19H,5-6,11-14H2,1-4H3. The van der Waals surface area contributed by atoms with E-state index in [-0.39, 0.29) is 0 Å². The molecule has 3 nitrogen and oxygen atoms in total. The summed E-state index contributed by atoms with van der Waals surface area (Å²) in [4.78, 5) is 4.92. The Labute approximate surface area is 130 Å². The highest BCUT2D eigenvalue weighted by Gasteiger charge is 2.22. The SMILES string of the molecule is CCN(CC)c1ccc(N2CCC(CNC(C)C)C2)cc1. The number of rotatable bonds is 7. The normalized spacial score (nSPS) is 18.5. The van der Waals surface area contributed by atoms with Gasteiger partial charge in [0.15, 0.2) is 0 Å². The highest BCUT2D eigenvalue weighted by atomic mass is 15.2. The van der Waals surface area contributed by atoms with E-state index in [9.17, 15) is 0 Å². The van der Waals surface area contributed by atoms with Gasteiger partial charge in [0.1, 0.15) is 0 Å². The van der Waals surface area contributed by atoms with Crippen LogP contribution in [0, 0.1) is 5.92 Å². The minimum atomic E-state index is 0.590. The molecule has 21 heavy (non-hydrogen) atoms. The second-order valence-electron chi connectivity index (χ2n) is 6.35. The summed E-state index contributed by atoms with van der Waals surface area (Å²) in [5.41, 5.74) is 2.71. The first-order valence-corrected chi connectivity index (χ1v) is 8.47. The third kappa shape index (κ3) is 4.37. The topological polar surface area (TPSA) is 18.5 Å². The molecule has 118 valence electrons. The number of benzene rings is 1. The largest absolute Gasteiger partial charge is 0.372 e. The Morgan fingerprint density at radius 3 is 2.43 bits per heavy atom. The van der Waals surface area contributed by atoms with E-state index >= 15 is 0 Å². The van der Waals surface area contributed by atoms with Gasteiger partial charge in [-0.2, -0.15) is 0 Å². The van der Waals surface area contributed by atoms with Gasteiger partial charge in [0.25, 0.3) is 0 Å². The summed E-state index contributed by atoms with van der Waals surface area (Å²) in [7, 11) is 0. The van der Waals surface area contributed by atoms with Crippen LogP contribution in [0.15, 0.2) is 24.3 Å². The fourth-order valence-corrected chi connectivity index (χ4v) is 3.10. The summed E-state index contributed by atoms with van der Waals surface area (Å²) in [6.07, 6.45) is 1.30. The van der Waals surface area contributed by atoms with Crippen LogP contribution >= 0.6 is 0 Å². The van der Waals surface area contributed by atoms with Crippen LogP contribution < -0.4 is 15.1 Å². The maximum Gasteiger partial charge on any atom is 0.0367 e. The molecule has 1 unspecified atom stereocenters. The average Bonchev–Trinajstić information content (AvgIpc) is 2.96. The van der Waals surface area contributed by atoms with Gasteiger partial charge in [-0.3, -0.25) is 0 Å². The van der Waals surface area contributed by atoms with Crippen LogP contribution in [-0.2, 0) is 0 Å². The van der Waals surface area contributed by atoms with Gasteiger partial charge >= 0.3 is 0 Å². The van der Waals surface area contributed by atoms with Crippen molar-refractivity contribution in [2.24, 2.45) is 5.92 Å². The number of anilines is 2. The highest BCUT2D eigenvalue weighted by molar-refractivity contribution is 5.56. The Hall–Kier alpha value is -1.22. The zero-order chi connectivity index (χ0) is 15.2. The Balaban J connectivity index is 1.91. The van der Waals surface area contributed by atoms with E-state index in [1.807, 2.05) is 0 Å². The number of nitrogens with one attached hydrogen (secondary N) is 1. The predicted molar refractivity (Wildman–Crippen MR) is 93.5 cm³/mol. The van der Waals surface area contributed by atoms with Crippen molar-refractivity contribution in [2.75, 3.05) is 42.5 Å². The first-order valence-electron chi connectivity index (χ1n) is 8.47. The maximum absolute atomic E-state index is 3.57. The van der Waals surface area contributed by atoms with Crippen LogP contribution in [0.25, 0.3) is 0 Å². The number of hydrogen-bond donors (Lipinski definition) is 1. The molecule has 1 aromatic carbocycles. The van der Waals surface area contributed by atoms with E-state index in [4.69, 9.17) is 0 Å². The summed E-state index contributed by atoms with van der Waals surface area (Å²) in [5, 5.41) is 3.57. The van der Waals surface area contributed by atoms with Crippen LogP contribution in [0.1, 0.15) is 34.1 Å². The van der Waals surface area contributed by atoms with E-state index < -0.39 is 0 Å². The maximum atomic E-state index is 3.57. The molecule has 1 N–H and O–H groups in total. The molecule has 0 amide bonds. The van der Waals surface area contributed by atoms with Gasteiger partial charge in [-0.05, 0) is 57.0 Å². The van der Waals surface area contributed by atoms with E-state index in [0.717, 1.165) is 25.6 Å².